The lowest BCUT2D eigenvalue weighted by atomic mass is 9.74. The van der Waals surface area contributed by atoms with Gasteiger partial charge in [-0.25, -0.2) is 5.26 Å². The molecule has 3 unspecified atom stereocenters. The highest BCUT2D eigenvalue weighted by molar-refractivity contribution is 7.94. The molecule has 22 heteroatoms. The van der Waals surface area contributed by atoms with Crippen molar-refractivity contribution in [1.29, 1.82) is 0 Å². The number of anilines is 2. The van der Waals surface area contributed by atoms with Crippen molar-refractivity contribution in [3.63, 3.8) is 0 Å². The van der Waals surface area contributed by atoms with Crippen molar-refractivity contribution in [3.05, 3.63) is 84.9 Å². The van der Waals surface area contributed by atoms with Gasteiger partial charge in [-0.1, -0.05) is 42.5 Å². The van der Waals surface area contributed by atoms with Crippen LogP contribution in [-0.4, -0.2) is 58.5 Å². The molecule has 0 spiro atoms. The second-order valence-electron chi connectivity index (χ2n) is 17.6. The minimum atomic E-state index is -4.94. The van der Waals surface area contributed by atoms with Crippen LogP contribution in [0, 0.1) is 17.8 Å². The van der Waals surface area contributed by atoms with Gasteiger partial charge in [-0.15, -0.1) is 19.7 Å². The van der Waals surface area contributed by atoms with Crippen molar-refractivity contribution < 1.29 is 56.9 Å². The highest BCUT2D eigenvalue weighted by Gasteiger charge is 2.39. The number of phenolic OH excluding ortho intramolecular Hbond substituents is 1. The number of aliphatic hydroxyl groups excluding tert-OH is 1. The van der Waals surface area contributed by atoms with Crippen LogP contribution in [0.25, 0.3) is 10.8 Å². The number of aliphatic hydroxyl groups is 1. The molecular formula is C48H52N8O12S2. The van der Waals surface area contributed by atoms with Crippen LogP contribution in [0.3, 0.4) is 0 Å². The van der Waals surface area contributed by atoms with E-state index in [1.807, 2.05) is 0 Å². The van der Waals surface area contributed by atoms with Crippen molar-refractivity contribution in [2.24, 2.45) is 48.4 Å². The molecule has 8 rings (SSSR count). The number of nitrogens with two attached hydrogens (primary N) is 2. The third-order valence-corrected chi connectivity index (χ3v) is 14.4. The number of esters is 1. The average Bonchev–Trinajstić information content (AvgIpc) is 3.35. The number of hydrogen-bond acceptors (Lipinski definition) is 20. The van der Waals surface area contributed by atoms with Gasteiger partial charge in [-0.05, 0) is 117 Å². The van der Waals surface area contributed by atoms with Crippen LogP contribution in [0.4, 0.5) is 45.5 Å². The van der Waals surface area contributed by atoms with E-state index in [0.717, 1.165) is 38.2 Å². The number of ketones is 1. The zero-order chi connectivity index (χ0) is 49.4. The van der Waals surface area contributed by atoms with Crippen LogP contribution in [-0.2, 0) is 33.8 Å². The molecule has 0 radical (unpaired) electrons. The van der Waals surface area contributed by atoms with Gasteiger partial charge in [0.1, 0.15) is 33.5 Å². The first kappa shape index (κ1) is 50.2. The smallest absolute Gasteiger partial charge is 0.314 e. The van der Waals surface area contributed by atoms with Gasteiger partial charge in [0.15, 0.2) is 5.75 Å². The van der Waals surface area contributed by atoms with E-state index in [-0.39, 0.29) is 80.2 Å². The molecule has 70 heavy (non-hydrogen) atoms. The van der Waals surface area contributed by atoms with Crippen LogP contribution in [0.15, 0.2) is 125 Å². The lowest BCUT2D eigenvalue weighted by Crippen LogP contribution is -2.42. The van der Waals surface area contributed by atoms with E-state index < -0.39 is 32.6 Å². The van der Waals surface area contributed by atoms with Gasteiger partial charge >= 0.3 is 5.97 Å². The van der Waals surface area contributed by atoms with Crippen LogP contribution >= 0.6 is 12.0 Å². The maximum atomic E-state index is 13.2. The molecule has 0 saturated heterocycles. The van der Waals surface area contributed by atoms with Crippen molar-refractivity contribution in [2.75, 3.05) is 11.5 Å². The Morgan fingerprint density at radius 1 is 0.700 bits per heavy atom. The number of nitrogens with zero attached hydrogens (tertiary/aromatic N) is 6. The molecule has 0 bridgehead atoms. The molecule has 0 aromatic heterocycles. The second kappa shape index (κ2) is 22.7. The zero-order valence-electron chi connectivity index (χ0n) is 37.7. The van der Waals surface area contributed by atoms with Crippen LogP contribution in [0.2, 0.25) is 0 Å². The predicted octanol–water partition coefficient (Wildman–Crippen LogP) is 11.8. The number of hydrogen-bond donors (Lipinski definition) is 6. The van der Waals surface area contributed by atoms with Gasteiger partial charge in [-0.3, -0.25) is 14.1 Å². The topological polar surface area (TPSA) is 312 Å². The normalized spacial score (nSPS) is 21.5. The predicted molar refractivity (Wildman–Crippen MR) is 258 cm³/mol. The molecule has 3 saturated carbocycles. The molecular weight excluding hydrogens is 945 g/mol. The van der Waals surface area contributed by atoms with E-state index in [0.29, 0.717) is 73.3 Å². The Morgan fingerprint density at radius 3 is 1.99 bits per heavy atom. The SMILES string of the molecule is Nc1cc(OC(=O)C2CCC(OC3CCC(C(=O)C4CCCCC4)C(O)C3)CC2)ccc1N=Nc1ccc(N=Nc2c(SOOO)cc3cc(S(=O)(=O)O)c(N=Nc4ccccc4)c(O)c3c2N)cc1. The standard InChI is InChI=1S/C48H52N8O12S2/c49-37-25-34(66-48(60)28-11-17-33(18-12-28)65-35-19-21-36(39(57)26-35)46(58)27-7-3-1-4-8-27)20-22-38(37)54-51-31-13-15-32(16-14-31)53-55-44-40(69-68-67-61)23-29-24-41(70(62,63)64)45(47(59)42(29)43(44)50)56-52-30-9-5-2-6-10-30/h2,5-6,9-10,13-16,20,22-25,27-28,33,35-36,39,57,59,61H,1,3-4,7-8,11-12,17-19,21,26,49-50H2,(H,62,63,64). The fourth-order valence-corrected chi connectivity index (χ4v) is 10.4. The zero-order valence-corrected chi connectivity index (χ0v) is 39.4. The maximum Gasteiger partial charge on any atom is 0.314 e. The summed E-state index contributed by atoms with van der Waals surface area (Å²) >= 11 is 0.448. The van der Waals surface area contributed by atoms with Crippen LogP contribution in [0.1, 0.15) is 77.0 Å². The van der Waals surface area contributed by atoms with E-state index in [9.17, 15) is 32.8 Å². The number of fused-ring (bicyclic) bond motifs is 1. The number of rotatable bonds is 16. The molecule has 8 N–H and O–H groups in total. The minimum Gasteiger partial charge on any atom is -0.505 e. The van der Waals surface area contributed by atoms with Crippen LogP contribution in [0.5, 0.6) is 11.5 Å². The average molecular weight is 997 g/mol. The molecule has 0 amide bonds. The van der Waals surface area contributed by atoms with Crippen molar-refractivity contribution in [1.82, 2.24) is 0 Å². The van der Waals surface area contributed by atoms with Gasteiger partial charge < -0.3 is 31.2 Å². The molecule has 368 valence electrons. The summed E-state index contributed by atoms with van der Waals surface area (Å²) in [4.78, 5) is 25.6. The fraction of sp³-hybridized carbons (Fsp3) is 0.375. The summed E-state index contributed by atoms with van der Waals surface area (Å²) in [5.41, 5.74) is 13.6. The van der Waals surface area contributed by atoms with Gasteiger partial charge in [0, 0.05) is 24.3 Å². The number of azo groups is 3. The molecule has 3 fully saturated rings. The number of nitrogen functional groups attached to an aromatic ring is 2. The quantitative estimate of drug-likeness (QED) is 0.00782. The highest BCUT2D eigenvalue weighted by atomic mass is 32.2. The van der Waals surface area contributed by atoms with Crippen molar-refractivity contribution in [2.45, 2.75) is 105 Å². The summed E-state index contributed by atoms with van der Waals surface area (Å²) < 4.78 is 51.6. The Morgan fingerprint density at radius 2 is 1.34 bits per heavy atom. The van der Waals surface area contributed by atoms with E-state index in [2.05, 4.69) is 40.1 Å². The molecule has 20 nitrogen and oxygen atoms in total. The number of ether oxygens (including phenoxy) is 2. The number of phenols is 1. The lowest BCUT2D eigenvalue weighted by molar-refractivity contribution is -0.432. The van der Waals surface area contributed by atoms with Gasteiger partial charge in [0.25, 0.3) is 10.1 Å². The summed E-state index contributed by atoms with van der Waals surface area (Å²) in [7, 11) is -4.94. The summed E-state index contributed by atoms with van der Waals surface area (Å²) in [6, 6.07) is 21.7. The molecule has 3 aliphatic carbocycles. The van der Waals surface area contributed by atoms with Gasteiger partial charge in [-0.2, -0.15) is 23.8 Å². The second-order valence-corrected chi connectivity index (χ2v) is 19.7. The Bertz CT molecular complexity index is 2890. The first-order valence-electron chi connectivity index (χ1n) is 22.9. The van der Waals surface area contributed by atoms with Crippen molar-refractivity contribution in [3.8, 4) is 11.5 Å². The molecule has 0 aliphatic heterocycles. The van der Waals surface area contributed by atoms with E-state index >= 15 is 0 Å². The third kappa shape index (κ3) is 12.2. The number of carbonyl (C=O) groups is 2. The Hall–Kier alpha value is -6.24. The molecule has 5 aromatic rings. The van der Waals surface area contributed by atoms with Crippen molar-refractivity contribution >= 4 is 90.2 Å². The monoisotopic (exact) mass is 996 g/mol. The minimum absolute atomic E-state index is 0.0179. The lowest BCUT2D eigenvalue weighted by Gasteiger charge is -2.37. The number of carbonyl (C=O) groups excluding carboxylic acids is 2. The molecule has 0 heterocycles. The van der Waals surface area contributed by atoms with E-state index in [4.69, 9.17) is 26.2 Å². The number of aromatic hydroxyl groups is 1. The molecule has 3 aliphatic rings. The van der Waals surface area contributed by atoms with E-state index in [1.165, 1.54) is 18.6 Å². The summed E-state index contributed by atoms with van der Waals surface area (Å²) in [5.74, 6) is -1.06. The summed E-state index contributed by atoms with van der Waals surface area (Å²) in [6.07, 6.45) is 8.91. The highest BCUT2D eigenvalue weighted by Crippen LogP contribution is 2.49. The number of Topliss-reactive ketones (excluding diaryl/α,β-unsaturated/α-hetero) is 1. The summed E-state index contributed by atoms with van der Waals surface area (Å²) in [5, 5.41) is 59.7. The summed E-state index contributed by atoms with van der Waals surface area (Å²) in [6.45, 7) is 0. The fourth-order valence-electron chi connectivity index (χ4n) is 9.28. The first-order valence-corrected chi connectivity index (χ1v) is 25.1. The number of benzene rings is 5. The Balaban J connectivity index is 0.869. The third-order valence-electron chi connectivity index (χ3n) is 12.9. The Labute approximate surface area is 407 Å². The first-order chi connectivity index (χ1) is 33.7. The van der Waals surface area contributed by atoms with E-state index in [1.54, 1.807) is 66.7 Å². The van der Waals surface area contributed by atoms with Gasteiger partial charge in [0.2, 0.25) is 0 Å². The van der Waals surface area contributed by atoms with Gasteiger partial charge in [0.05, 0.1) is 75.0 Å². The van der Waals surface area contributed by atoms with Crippen LogP contribution < -0.4 is 16.2 Å². The maximum absolute atomic E-state index is 13.2. The largest absolute Gasteiger partial charge is 0.505 e. The Kier molecular flexibility index (Phi) is 16.2. The molecule has 3 atom stereocenters. The molecule has 5 aromatic carbocycles.